The molecule has 0 aliphatic carbocycles. The van der Waals surface area contributed by atoms with Crippen molar-refractivity contribution >= 4 is 180 Å². The van der Waals surface area contributed by atoms with Crippen LogP contribution in [0.4, 0.5) is 0 Å². The number of hydrogen-bond donors (Lipinski definition) is 0. The third-order valence-corrected chi connectivity index (χ3v) is 23.6. The van der Waals surface area contributed by atoms with Crippen molar-refractivity contribution in [3.05, 3.63) is 386 Å². The predicted octanol–water partition coefficient (Wildman–Crippen LogP) is 13.9. The number of benzene rings is 16. The Morgan fingerprint density at radius 2 is 0.562 bits per heavy atom. The van der Waals surface area contributed by atoms with E-state index in [9.17, 15) is 21.0 Å². The average molecular weight is 1420 g/mol. The molecule has 0 bridgehead atoms. The van der Waals surface area contributed by atoms with Gasteiger partial charge >= 0.3 is 0 Å². The van der Waals surface area contributed by atoms with E-state index in [2.05, 4.69) is 364 Å². The summed E-state index contributed by atoms with van der Waals surface area (Å²) >= 11 is 0. The van der Waals surface area contributed by atoms with Crippen molar-refractivity contribution < 1.29 is 0 Å². The van der Waals surface area contributed by atoms with Crippen LogP contribution in [0.1, 0.15) is 22.3 Å². The van der Waals surface area contributed by atoms with E-state index < -0.39 is 0 Å². The number of aromatic nitrogens is 4. The first kappa shape index (κ1) is 65.2. The summed E-state index contributed by atoms with van der Waals surface area (Å²) in [4.78, 5) is 0. The summed E-state index contributed by atoms with van der Waals surface area (Å²) in [6.07, 6.45) is 0. The molecule has 20 aromatic rings. The van der Waals surface area contributed by atoms with Gasteiger partial charge in [-0.1, -0.05) is 307 Å². The lowest BCUT2D eigenvalue weighted by Gasteiger charge is -2.27. The maximum Gasteiger partial charge on any atom is 0.248 e. The van der Waals surface area contributed by atoms with E-state index >= 15 is 0 Å². The largest absolute Gasteiger partial charge is 0.310 e. The van der Waals surface area contributed by atoms with Gasteiger partial charge in [0.15, 0.2) is 0 Å². The Labute approximate surface area is 648 Å². The molecule has 0 N–H and O–H groups in total. The van der Waals surface area contributed by atoms with E-state index in [1.165, 1.54) is 132 Å². The van der Waals surface area contributed by atoms with Crippen LogP contribution in [0.3, 0.4) is 0 Å². The van der Waals surface area contributed by atoms with Crippen molar-refractivity contribution in [1.82, 2.24) is 18.3 Å². The fourth-order valence-corrected chi connectivity index (χ4v) is 19.2. The van der Waals surface area contributed by atoms with Crippen LogP contribution in [0.25, 0.3) is 110 Å². The van der Waals surface area contributed by atoms with Gasteiger partial charge in [-0.05, 0) is 123 Å². The maximum absolute atomic E-state index is 9.95. The molecule has 0 unspecified atom stereocenters. The molecule has 0 radical (unpaired) electrons. The number of para-hydroxylation sites is 9. The second-order valence-corrected chi connectivity index (χ2v) is 29.2. The molecule has 0 saturated carbocycles. The van der Waals surface area contributed by atoms with Crippen LogP contribution in [-0.2, 0) is 0 Å². The van der Waals surface area contributed by atoms with Gasteiger partial charge in [0.05, 0.1) is 68.5 Å². The van der Waals surface area contributed by atoms with Gasteiger partial charge in [0.25, 0.3) is 0 Å². The van der Waals surface area contributed by atoms with Gasteiger partial charge < -0.3 is 18.3 Å². The van der Waals surface area contributed by atoms with Gasteiger partial charge in [0.1, 0.15) is 0 Å². The lowest BCUT2D eigenvalue weighted by atomic mass is 9.35. The monoisotopic (exact) mass is 1420 g/mol. The van der Waals surface area contributed by atoms with Crippen molar-refractivity contribution in [1.29, 1.82) is 21.0 Å². The normalized spacial score (nSPS) is 12.2. The predicted molar refractivity (Wildman–Crippen MR) is 466 cm³/mol. The summed E-state index contributed by atoms with van der Waals surface area (Å²) in [5, 5.41) is 48.7. The van der Waals surface area contributed by atoms with Crippen LogP contribution < -0.4 is 65.6 Å². The topological polar surface area (TPSA) is 115 Å². The molecular weight excluding hydrogens is 1360 g/mol. The number of nitrogens with zero attached hydrogens (tertiary/aromatic N) is 8. The Hall–Kier alpha value is -15.1. The summed E-state index contributed by atoms with van der Waals surface area (Å²) in [5.41, 5.74) is 32.0. The van der Waals surface area contributed by atoms with Gasteiger partial charge in [-0.25, -0.2) is 0 Å². The highest BCUT2D eigenvalue weighted by Gasteiger charge is 2.39. The molecule has 512 valence electrons. The Kier molecular flexibility index (Phi) is 15.4. The molecule has 112 heavy (non-hydrogen) atoms. The van der Waals surface area contributed by atoms with E-state index in [4.69, 9.17) is 0 Å². The smallest absolute Gasteiger partial charge is 0.248 e. The van der Waals surface area contributed by atoms with Crippen LogP contribution in [0.15, 0.2) is 364 Å². The molecule has 8 heterocycles. The van der Waals surface area contributed by atoms with E-state index in [0.717, 1.165) is 60.3 Å². The zero-order valence-electron chi connectivity index (χ0n) is 60.5. The summed E-state index contributed by atoms with van der Waals surface area (Å²) in [6, 6.07) is 137. The molecule has 0 saturated heterocycles. The van der Waals surface area contributed by atoms with Crippen molar-refractivity contribution in [3.63, 3.8) is 0 Å². The summed E-state index contributed by atoms with van der Waals surface area (Å²) < 4.78 is 9.45. The van der Waals surface area contributed by atoms with Gasteiger partial charge in [0.2, 0.25) is 26.9 Å². The third kappa shape index (κ3) is 9.83. The number of rotatable bonds is 4. The highest BCUT2D eigenvalue weighted by Crippen LogP contribution is 2.39. The molecule has 8 nitrogen and oxygen atoms in total. The van der Waals surface area contributed by atoms with Gasteiger partial charge in [-0.3, -0.25) is 0 Å². The van der Waals surface area contributed by atoms with Gasteiger partial charge in [0, 0.05) is 88.0 Å². The SMILES string of the molecule is N#Cc1cc2c3c(c1)c1ccccc1n3-c1ccccc1B2c1ccccc1.N#Cc1ccc2c3c1c1ccccc1n3-c1ccccc1B2c1ccccc1.N#Cc1ccc2c3ccccc3n3c2c1B(c1ccccc1)c1ccccc1-3.N#Cc1ccccc1B1c2ccccc2-n2c3ccccc3c3cccc1c32. The minimum atomic E-state index is 0.0487. The number of nitriles is 4. The van der Waals surface area contributed by atoms with Crippen molar-refractivity contribution in [2.24, 2.45) is 0 Å². The lowest BCUT2D eigenvalue weighted by Crippen LogP contribution is -2.56. The van der Waals surface area contributed by atoms with E-state index in [1.54, 1.807) is 0 Å². The summed E-state index contributed by atoms with van der Waals surface area (Å²) in [5.74, 6) is 0. The molecular formula is C100H60B4N8. The molecule has 0 atom stereocenters. The summed E-state index contributed by atoms with van der Waals surface area (Å²) in [6.45, 7) is 0.370. The first-order chi connectivity index (χ1) is 55.5. The van der Waals surface area contributed by atoms with Gasteiger partial charge in [-0.2, -0.15) is 21.0 Å². The average Bonchev–Trinajstić information content (AvgIpc) is 1.47. The van der Waals surface area contributed by atoms with Crippen LogP contribution in [0.2, 0.25) is 0 Å². The molecule has 24 rings (SSSR count). The van der Waals surface area contributed by atoms with Crippen LogP contribution in [-0.4, -0.2) is 45.1 Å². The second kappa shape index (κ2) is 26.4. The maximum atomic E-state index is 9.95. The van der Waals surface area contributed by atoms with Crippen molar-refractivity contribution in [2.75, 3.05) is 0 Å². The molecule has 4 aliphatic rings. The molecule has 4 aromatic heterocycles. The second-order valence-electron chi connectivity index (χ2n) is 29.2. The van der Waals surface area contributed by atoms with Crippen LogP contribution >= 0.6 is 0 Å². The van der Waals surface area contributed by atoms with Crippen LogP contribution in [0.5, 0.6) is 0 Å². The van der Waals surface area contributed by atoms with Crippen LogP contribution in [0, 0.1) is 45.3 Å². The zero-order chi connectivity index (χ0) is 74.7. The van der Waals surface area contributed by atoms with E-state index in [1.807, 2.05) is 42.5 Å². The highest BCUT2D eigenvalue weighted by atomic mass is 15.0. The third-order valence-electron chi connectivity index (χ3n) is 23.6. The minimum absolute atomic E-state index is 0.0487. The summed E-state index contributed by atoms with van der Waals surface area (Å²) in [7, 11) is 0. The first-order valence-electron chi connectivity index (χ1n) is 37.9. The molecule has 0 amide bonds. The van der Waals surface area contributed by atoms with Crippen molar-refractivity contribution in [2.45, 2.75) is 0 Å². The first-order valence-corrected chi connectivity index (χ1v) is 37.9. The molecule has 0 fully saturated rings. The lowest BCUT2D eigenvalue weighted by molar-refractivity contribution is 1.19. The van der Waals surface area contributed by atoms with Gasteiger partial charge in [-0.15, -0.1) is 0 Å². The molecule has 4 aliphatic heterocycles. The Bertz CT molecular complexity index is 7470. The number of fused-ring (bicyclic) bond motifs is 20. The molecule has 16 aromatic carbocycles. The molecule has 0 spiro atoms. The fraction of sp³-hybridized carbons (Fsp3) is 0. The quantitative estimate of drug-likeness (QED) is 0.163. The Morgan fingerprint density at radius 1 is 0.205 bits per heavy atom. The standard InChI is InChI=1S/4C25H15BN2/c27-16-17-8-1-3-11-20(17)26-21-12-4-6-15-24(21)28-23-14-5-2-9-18(23)19-10-7-13-22(26)25(19)28;27-16-17-14-20-19-10-4-6-12-23(19)28-24-13-7-5-11-21(24)26(22(15-17)25(20)28)18-8-2-1-3-9-18;27-16-17-14-15-20-19-10-4-6-12-22(19)28-23-13-7-5-11-21(23)26(24(17)25(20)28)18-8-2-1-3-9-18;27-16-17-14-15-21-25-24(17)19-10-4-6-12-22(19)28(25)23-13-7-5-11-20(23)26(21)18-8-2-1-3-9-18/h4*1-15H. The Balaban J connectivity index is 0.0000000943. The van der Waals surface area contributed by atoms with E-state index in [0.29, 0.717) is 5.56 Å². The highest BCUT2D eigenvalue weighted by molar-refractivity contribution is 7.00. The van der Waals surface area contributed by atoms with E-state index in [-0.39, 0.29) is 26.9 Å². The zero-order valence-corrected chi connectivity index (χ0v) is 60.5. The Morgan fingerprint density at radius 3 is 1.09 bits per heavy atom. The van der Waals surface area contributed by atoms with Crippen molar-refractivity contribution in [3.8, 4) is 47.0 Å². The number of hydrogen-bond acceptors (Lipinski definition) is 4. The minimum Gasteiger partial charge on any atom is -0.310 e. The molecule has 12 heteroatoms. The fourth-order valence-electron chi connectivity index (χ4n) is 19.2.